The fourth-order valence-corrected chi connectivity index (χ4v) is 2.93. The highest BCUT2D eigenvalue weighted by Gasteiger charge is 2.04. The predicted molar refractivity (Wildman–Crippen MR) is 78.5 cm³/mol. The van der Waals surface area contributed by atoms with Gasteiger partial charge in [0.2, 0.25) is 0 Å². The topological polar surface area (TPSA) is 26.3 Å². The zero-order valence-electron chi connectivity index (χ0n) is 11.1. The van der Waals surface area contributed by atoms with Crippen molar-refractivity contribution in [2.24, 2.45) is 0 Å². The quantitative estimate of drug-likeness (QED) is 0.748. The minimum atomic E-state index is -0.124. The summed E-state index contributed by atoms with van der Waals surface area (Å²) in [5, 5.41) is 2.21. The van der Waals surface area contributed by atoms with Crippen LogP contribution in [0, 0.1) is 0 Å². The van der Waals surface area contributed by atoms with Crippen molar-refractivity contribution in [2.45, 2.75) is 25.7 Å². The van der Waals surface area contributed by atoms with Gasteiger partial charge in [-0.3, -0.25) is 4.79 Å². The summed E-state index contributed by atoms with van der Waals surface area (Å²) < 4.78 is 4.64. The second kappa shape index (κ2) is 7.10. The van der Waals surface area contributed by atoms with E-state index in [0.29, 0.717) is 6.42 Å². The number of methoxy groups -OCH3 is 1. The average Bonchev–Trinajstić information content (AvgIpc) is 2.87. The molecule has 0 saturated heterocycles. The minimum Gasteiger partial charge on any atom is -0.469 e. The Morgan fingerprint density at radius 1 is 1.21 bits per heavy atom. The van der Waals surface area contributed by atoms with Crippen LogP contribution in [0.2, 0.25) is 0 Å². The molecule has 19 heavy (non-hydrogen) atoms. The Morgan fingerprint density at radius 3 is 2.74 bits per heavy atom. The third kappa shape index (κ3) is 4.52. The maximum Gasteiger partial charge on any atom is 0.305 e. The second-order valence-corrected chi connectivity index (χ2v) is 5.51. The molecule has 0 bridgehead atoms. The molecule has 1 aromatic carbocycles. The van der Waals surface area contributed by atoms with Crippen LogP contribution in [0.1, 0.15) is 28.8 Å². The van der Waals surface area contributed by atoms with Crippen molar-refractivity contribution < 1.29 is 9.53 Å². The fraction of sp³-hybridized carbons (Fsp3) is 0.312. The van der Waals surface area contributed by atoms with Gasteiger partial charge in [-0.2, -0.15) is 0 Å². The molecule has 0 aliphatic carbocycles. The van der Waals surface area contributed by atoms with Crippen LogP contribution < -0.4 is 0 Å². The number of ether oxygens (including phenoxy) is 1. The number of aryl methyl sites for hydroxylation is 1. The largest absolute Gasteiger partial charge is 0.469 e. The van der Waals surface area contributed by atoms with E-state index >= 15 is 0 Å². The molecule has 0 radical (unpaired) electrons. The van der Waals surface area contributed by atoms with Gasteiger partial charge in [-0.1, -0.05) is 30.3 Å². The summed E-state index contributed by atoms with van der Waals surface area (Å²) in [7, 11) is 1.44. The lowest BCUT2D eigenvalue weighted by Crippen LogP contribution is -1.99. The summed E-state index contributed by atoms with van der Waals surface area (Å²) in [4.78, 5) is 12.4. The molecule has 0 N–H and O–H groups in total. The van der Waals surface area contributed by atoms with Crippen molar-refractivity contribution in [3.05, 3.63) is 57.8 Å². The summed E-state index contributed by atoms with van der Waals surface area (Å²) in [6.45, 7) is 0. The Morgan fingerprint density at radius 2 is 2.00 bits per heavy atom. The molecule has 0 amide bonds. The lowest BCUT2D eigenvalue weighted by Gasteiger charge is -1.98. The predicted octanol–water partition coefficient (Wildman–Crippen LogP) is 3.83. The van der Waals surface area contributed by atoms with Crippen LogP contribution in [0.5, 0.6) is 0 Å². The molecule has 0 aliphatic heterocycles. The van der Waals surface area contributed by atoms with Crippen LogP contribution in [-0.2, 0) is 22.4 Å². The van der Waals surface area contributed by atoms with E-state index in [1.165, 1.54) is 23.1 Å². The molecule has 2 aromatic rings. The van der Waals surface area contributed by atoms with E-state index in [1.807, 2.05) is 6.07 Å². The van der Waals surface area contributed by atoms with Gasteiger partial charge in [-0.25, -0.2) is 0 Å². The third-order valence-electron chi connectivity index (χ3n) is 2.99. The van der Waals surface area contributed by atoms with Crippen molar-refractivity contribution in [1.82, 2.24) is 0 Å². The number of thiophene rings is 1. The lowest BCUT2D eigenvalue weighted by atomic mass is 10.1. The standard InChI is InChI=1S/C16H18O2S/c1-18-16(17)9-5-8-15-11-14(12-19-15)10-13-6-3-2-4-7-13/h2-4,6-7,11-12H,5,8-10H2,1H3. The molecule has 100 valence electrons. The van der Waals surface area contributed by atoms with Gasteiger partial charge in [0.25, 0.3) is 0 Å². The Hall–Kier alpha value is -1.61. The van der Waals surface area contributed by atoms with Crippen molar-refractivity contribution in [3.8, 4) is 0 Å². The van der Waals surface area contributed by atoms with E-state index in [-0.39, 0.29) is 5.97 Å². The maximum atomic E-state index is 11.0. The molecule has 0 atom stereocenters. The molecule has 3 heteroatoms. The molecule has 2 rings (SSSR count). The normalized spacial score (nSPS) is 10.4. The summed E-state index contributed by atoms with van der Waals surface area (Å²) in [6, 6.07) is 12.7. The highest BCUT2D eigenvalue weighted by atomic mass is 32.1. The molecule has 0 spiro atoms. The van der Waals surface area contributed by atoms with E-state index in [2.05, 4.69) is 40.4 Å². The van der Waals surface area contributed by atoms with E-state index in [1.54, 1.807) is 11.3 Å². The van der Waals surface area contributed by atoms with Crippen LogP contribution in [0.3, 0.4) is 0 Å². The van der Waals surface area contributed by atoms with Crippen LogP contribution in [0.25, 0.3) is 0 Å². The van der Waals surface area contributed by atoms with Crippen LogP contribution in [-0.4, -0.2) is 13.1 Å². The first-order valence-corrected chi connectivity index (χ1v) is 7.33. The van der Waals surface area contributed by atoms with Crippen molar-refractivity contribution in [3.63, 3.8) is 0 Å². The first kappa shape index (κ1) is 13.8. The van der Waals surface area contributed by atoms with E-state index in [9.17, 15) is 4.79 Å². The van der Waals surface area contributed by atoms with Crippen molar-refractivity contribution >= 4 is 17.3 Å². The number of hydrogen-bond acceptors (Lipinski definition) is 3. The van der Waals surface area contributed by atoms with Gasteiger partial charge in [-0.05, 0) is 41.8 Å². The molecule has 0 fully saturated rings. The second-order valence-electron chi connectivity index (χ2n) is 4.51. The Bertz CT molecular complexity index is 517. The van der Waals surface area contributed by atoms with Crippen molar-refractivity contribution in [1.29, 1.82) is 0 Å². The van der Waals surface area contributed by atoms with E-state index in [0.717, 1.165) is 19.3 Å². The van der Waals surface area contributed by atoms with Gasteiger partial charge in [0.05, 0.1) is 7.11 Å². The van der Waals surface area contributed by atoms with Gasteiger partial charge >= 0.3 is 5.97 Å². The Kier molecular flexibility index (Phi) is 5.16. The molecule has 0 unspecified atom stereocenters. The first-order valence-electron chi connectivity index (χ1n) is 6.45. The summed E-state index contributed by atoms with van der Waals surface area (Å²) in [5.74, 6) is -0.124. The fourth-order valence-electron chi connectivity index (χ4n) is 1.99. The zero-order chi connectivity index (χ0) is 13.5. The highest BCUT2D eigenvalue weighted by Crippen LogP contribution is 2.19. The number of carbonyl (C=O) groups excluding carboxylic acids is 1. The van der Waals surface area contributed by atoms with Crippen LogP contribution >= 0.6 is 11.3 Å². The number of carbonyl (C=O) groups is 1. The van der Waals surface area contributed by atoms with Crippen LogP contribution in [0.15, 0.2) is 41.8 Å². The Balaban J connectivity index is 1.84. The van der Waals surface area contributed by atoms with E-state index < -0.39 is 0 Å². The lowest BCUT2D eigenvalue weighted by molar-refractivity contribution is -0.140. The van der Waals surface area contributed by atoms with Gasteiger partial charge in [0.15, 0.2) is 0 Å². The van der Waals surface area contributed by atoms with Gasteiger partial charge in [-0.15, -0.1) is 11.3 Å². The monoisotopic (exact) mass is 274 g/mol. The molecule has 0 aliphatic rings. The molecule has 1 aromatic heterocycles. The van der Waals surface area contributed by atoms with Gasteiger partial charge in [0.1, 0.15) is 0 Å². The van der Waals surface area contributed by atoms with E-state index in [4.69, 9.17) is 0 Å². The SMILES string of the molecule is COC(=O)CCCc1cc(Cc2ccccc2)cs1. The maximum absolute atomic E-state index is 11.0. The minimum absolute atomic E-state index is 0.124. The van der Waals surface area contributed by atoms with Gasteiger partial charge in [0, 0.05) is 11.3 Å². The molecular weight excluding hydrogens is 256 g/mol. The van der Waals surface area contributed by atoms with Crippen LogP contribution in [0.4, 0.5) is 0 Å². The first-order chi connectivity index (χ1) is 9.28. The highest BCUT2D eigenvalue weighted by molar-refractivity contribution is 7.10. The number of hydrogen-bond donors (Lipinski definition) is 0. The summed E-state index contributed by atoms with van der Waals surface area (Å²) >= 11 is 1.78. The molecular formula is C16H18O2S. The molecule has 1 heterocycles. The van der Waals surface area contributed by atoms with Gasteiger partial charge < -0.3 is 4.74 Å². The summed E-state index contributed by atoms with van der Waals surface area (Å²) in [5.41, 5.74) is 2.69. The molecule has 0 saturated carbocycles. The smallest absolute Gasteiger partial charge is 0.305 e. The summed E-state index contributed by atoms with van der Waals surface area (Å²) in [6.07, 6.45) is 3.29. The third-order valence-corrected chi connectivity index (χ3v) is 4.04. The molecule has 2 nitrogen and oxygen atoms in total. The number of benzene rings is 1. The average molecular weight is 274 g/mol. The number of esters is 1. The zero-order valence-corrected chi connectivity index (χ0v) is 11.9. The number of rotatable bonds is 6. The van der Waals surface area contributed by atoms with Crippen molar-refractivity contribution in [2.75, 3.05) is 7.11 Å². The Labute approximate surface area is 118 Å².